The largest absolute Gasteiger partial charge is 0.493 e. The van der Waals surface area contributed by atoms with Crippen LogP contribution < -0.4 is 10.1 Å². The van der Waals surface area contributed by atoms with E-state index in [1.54, 1.807) is 0 Å². The molecule has 0 saturated carbocycles. The van der Waals surface area contributed by atoms with Gasteiger partial charge in [0.1, 0.15) is 5.75 Å². The van der Waals surface area contributed by atoms with Crippen LogP contribution in [0.3, 0.4) is 0 Å². The van der Waals surface area contributed by atoms with E-state index >= 15 is 0 Å². The predicted molar refractivity (Wildman–Crippen MR) is 71.3 cm³/mol. The molecule has 0 aromatic heterocycles. The van der Waals surface area contributed by atoms with E-state index in [1.165, 1.54) is 0 Å². The quantitative estimate of drug-likeness (QED) is 0.877. The number of benzene rings is 1. The standard InChI is InChI=1S/C13H18BrNO2/c14-10-3-5-11(6-4-10)17-9-7-13(16)12-2-1-8-15-12/h3-6,12-13,15-16H,1-2,7-9H2. The van der Waals surface area contributed by atoms with Crippen LogP contribution >= 0.6 is 15.9 Å². The van der Waals surface area contributed by atoms with Crippen molar-refractivity contribution < 1.29 is 9.84 Å². The number of aliphatic hydroxyl groups excluding tert-OH is 1. The number of nitrogens with one attached hydrogen (secondary N) is 1. The van der Waals surface area contributed by atoms with E-state index in [1.807, 2.05) is 24.3 Å². The summed E-state index contributed by atoms with van der Waals surface area (Å²) in [4.78, 5) is 0. The minimum Gasteiger partial charge on any atom is -0.493 e. The van der Waals surface area contributed by atoms with Gasteiger partial charge in [-0.15, -0.1) is 0 Å². The number of aliphatic hydroxyl groups is 1. The van der Waals surface area contributed by atoms with Crippen LogP contribution in [0.15, 0.2) is 28.7 Å². The molecule has 1 aliphatic rings. The summed E-state index contributed by atoms with van der Waals surface area (Å²) >= 11 is 3.38. The Hall–Kier alpha value is -0.580. The molecular formula is C13H18BrNO2. The molecule has 1 heterocycles. The monoisotopic (exact) mass is 299 g/mol. The van der Waals surface area contributed by atoms with Gasteiger partial charge in [0.15, 0.2) is 0 Å². The molecule has 0 amide bonds. The van der Waals surface area contributed by atoms with Crippen LogP contribution in [0.25, 0.3) is 0 Å². The van der Waals surface area contributed by atoms with Crippen LogP contribution in [-0.4, -0.2) is 30.4 Å². The first-order valence-electron chi connectivity index (χ1n) is 6.05. The van der Waals surface area contributed by atoms with Crippen molar-refractivity contribution in [2.45, 2.75) is 31.4 Å². The fourth-order valence-corrected chi connectivity index (χ4v) is 2.33. The van der Waals surface area contributed by atoms with Gasteiger partial charge in [-0.3, -0.25) is 0 Å². The maximum Gasteiger partial charge on any atom is 0.119 e. The van der Waals surface area contributed by atoms with Crippen LogP contribution in [0, 0.1) is 0 Å². The van der Waals surface area contributed by atoms with Crippen LogP contribution in [-0.2, 0) is 0 Å². The molecule has 1 fully saturated rings. The molecule has 0 bridgehead atoms. The van der Waals surface area contributed by atoms with Crippen LogP contribution in [0.2, 0.25) is 0 Å². The summed E-state index contributed by atoms with van der Waals surface area (Å²) in [5, 5.41) is 13.2. The van der Waals surface area contributed by atoms with Gasteiger partial charge in [-0.05, 0) is 43.7 Å². The molecule has 1 aromatic carbocycles. The van der Waals surface area contributed by atoms with Gasteiger partial charge in [-0.25, -0.2) is 0 Å². The van der Waals surface area contributed by atoms with Crippen molar-refractivity contribution in [3.8, 4) is 5.75 Å². The summed E-state index contributed by atoms with van der Waals surface area (Å²) < 4.78 is 6.62. The van der Waals surface area contributed by atoms with Crippen molar-refractivity contribution in [2.75, 3.05) is 13.2 Å². The van der Waals surface area contributed by atoms with Crippen LogP contribution in [0.5, 0.6) is 5.75 Å². The summed E-state index contributed by atoms with van der Waals surface area (Å²) in [6.07, 6.45) is 2.61. The molecule has 2 N–H and O–H groups in total. The highest BCUT2D eigenvalue weighted by atomic mass is 79.9. The van der Waals surface area contributed by atoms with E-state index in [2.05, 4.69) is 21.2 Å². The van der Waals surface area contributed by atoms with Crippen molar-refractivity contribution in [2.24, 2.45) is 0 Å². The highest BCUT2D eigenvalue weighted by Gasteiger charge is 2.22. The second kappa shape index (κ2) is 6.38. The zero-order valence-corrected chi connectivity index (χ0v) is 11.3. The van der Waals surface area contributed by atoms with E-state index < -0.39 is 0 Å². The molecule has 2 unspecified atom stereocenters. The minimum atomic E-state index is -0.298. The minimum absolute atomic E-state index is 0.253. The summed E-state index contributed by atoms with van der Waals surface area (Å²) in [7, 11) is 0. The Morgan fingerprint density at radius 1 is 1.41 bits per heavy atom. The Labute approximate surface area is 110 Å². The third kappa shape index (κ3) is 3.98. The van der Waals surface area contributed by atoms with Gasteiger partial charge in [0, 0.05) is 16.9 Å². The Balaban J connectivity index is 1.70. The van der Waals surface area contributed by atoms with E-state index in [-0.39, 0.29) is 12.1 Å². The lowest BCUT2D eigenvalue weighted by Gasteiger charge is -2.18. The Morgan fingerprint density at radius 3 is 2.82 bits per heavy atom. The zero-order chi connectivity index (χ0) is 12.1. The van der Waals surface area contributed by atoms with E-state index in [0.717, 1.165) is 29.6 Å². The number of halogens is 1. The number of ether oxygens (including phenoxy) is 1. The van der Waals surface area contributed by atoms with Crippen molar-refractivity contribution >= 4 is 15.9 Å². The summed E-state index contributed by atoms with van der Waals surface area (Å²) in [5.41, 5.74) is 0. The summed E-state index contributed by atoms with van der Waals surface area (Å²) in [6.45, 7) is 1.58. The average Bonchev–Trinajstić information content (AvgIpc) is 2.85. The Bertz CT molecular complexity index is 336. The van der Waals surface area contributed by atoms with Gasteiger partial charge < -0.3 is 15.2 Å². The molecule has 1 aliphatic heterocycles. The lowest BCUT2D eigenvalue weighted by atomic mass is 10.1. The lowest BCUT2D eigenvalue weighted by molar-refractivity contribution is 0.107. The summed E-state index contributed by atoms with van der Waals surface area (Å²) in [6, 6.07) is 7.99. The SMILES string of the molecule is OC(CCOc1ccc(Br)cc1)C1CCCN1. The molecule has 2 atom stereocenters. The van der Waals surface area contributed by atoms with Crippen molar-refractivity contribution in [3.63, 3.8) is 0 Å². The molecule has 0 spiro atoms. The first-order chi connectivity index (χ1) is 8.25. The fourth-order valence-electron chi connectivity index (χ4n) is 2.07. The number of rotatable bonds is 5. The van der Waals surface area contributed by atoms with Crippen molar-refractivity contribution in [1.29, 1.82) is 0 Å². The van der Waals surface area contributed by atoms with Gasteiger partial charge in [0.05, 0.1) is 12.7 Å². The lowest BCUT2D eigenvalue weighted by Crippen LogP contribution is -2.35. The third-order valence-corrected chi connectivity index (χ3v) is 3.59. The predicted octanol–water partition coefficient (Wildman–Crippen LogP) is 2.33. The topological polar surface area (TPSA) is 41.5 Å². The molecule has 1 saturated heterocycles. The van der Waals surface area contributed by atoms with Gasteiger partial charge in [-0.1, -0.05) is 15.9 Å². The maximum atomic E-state index is 9.92. The van der Waals surface area contributed by atoms with Gasteiger partial charge in [0.2, 0.25) is 0 Å². The number of hydrogen-bond donors (Lipinski definition) is 2. The average molecular weight is 300 g/mol. The second-order valence-electron chi connectivity index (χ2n) is 4.36. The zero-order valence-electron chi connectivity index (χ0n) is 9.73. The van der Waals surface area contributed by atoms with Crippen molar-refractivity contribution in [3.05, 3.63) is 28.7 Å². The van der Waals surface area contributed by atoms with Crippen LogP contribution in [0.4, 0.5) is 0 Å². The Kier molecular flexibility index (Phi) is 4.83. The number of hydrogen-bond acceptors (Lipinski definition) is 3. The van der Waals surface area contributed by atoms with E-state index in [0.29, 0.717) is 13.0 Å². The van der Waals surface area contributed by atoms with E-state index in [9.17, 15) is 5.11 Å². The third-order valence-electron chi connectivity index (χ3n) is 3.06. The van der Waals surface area contributed by atoms with E-state index in [4.69, 9.17) is 4.74 Å². The van der Waals surface area contributed by atoms with Gasteiger partial charge in [0.25, 0.3) is 0 Å². The molecule has 2 rings (SSSR count). The molecule has 17 heavy (non-hydrogen) atoms. The molecule has 0 radical (unpaired) electrons. The smallest absolute Gasteiger partial charge is 0.119 e. The first kappa shape index (κ1) is 12.9. The fraction of sp³-hybridized carbons (Fsp3) is 0.538. The molecule has 94 valence electrons. The Morgan fingerprint density at radius 2 is 2.18 bits per heavy atom. The normalized spacial score (nSPS) is 21.4. The molecule has 1 aromatic rings. The van der Waals surface area contributed by atoms with Gasteiger partial charge in [-0.2, -0.15) is 0 Å². The van der Waals surface area contributed by atoms with Crippen LogP contribution in [0.1, 0.15) is 19.3 Å². The first-order valence-corrected chi connectivity index (χ1v) is 6.85. The molecule has 0 aliphatic carbocycles. The van der Waals surface area contributed by atoms with Gasteiger partial charge >= 0.3 is 0 Å². The molecule has 3 nitrogen and oxygen atoms in total. The summed E-state index contributed by atoms with van der Waals surface area (Å²) in [5.74, 6) is 0.847. The molecule has 4 heteroatoms. The van der Waals surface area contributed by atoms with Crippen molar-refractivity contribution in [1.82, 2.24) is 5.32 Å². The highest BCUT2D eigenvalue weighted by molar-refractivity contribution is 9.10. The second-order valence-corrected chi connectivity index (χ2v) is 5.28. The highest BCUT2D eigenvalue weighted by Crippen LogP contribution is 2.17. The molecular weight excluding hydrogens is 282 g/mol. The maximum absolute atomic E-state index is 9.92.